The van der Waals surface area contributed by atoms with Crippen molar-refractivity contribution >= 4 is 6.03 Å². The fraction of sp³-hybridized carbons (Fsp3) is 0.900. The van der Waals surface area contributed by atoms with Crippen LogP contribution in [-0.4, -0.2) is 44.5 Å². The molecule has 0 aliphatic carbocycles. The third kappa shape index (κ3) is 3.68. The van der Waals surface area contributed by atoms with E-state index in [-0.39, 0.29) is 17.7 Å². The quantitative estimate of drug-likeness (QED) is 0.719. The first-order chi connectivity index (χ1) is 7.08. The first-order valence-corrected chi connectivity index (χ1v) is 5.25. The van der Waals surface area contributed by atoms with Gasteiger partial charge in [-0.3, -0.25) is 0 Å². The van der Waals surface area contributed by atoms with Crippen molar-refractivity contribution in [3.63, 3.8) is 0 Å². The van der Waals surface area contributed by atoms with Crippen LogP contribution in [0.2, 0.25) is 0 Å². The summed E-state index contributed by atoms with van der Waals surface area (Å²) < 4.78 is 10.7. The van der Waals surface area contributed by atoms with Gasteiger partial charge >= 0.3 is 6.03 Å². The third-order valence-corrected chi connectivity index (χ3v) is 2.49. The highest BCUT2D eigenvalue weighted by Crippen LogP contribution is 2.21. The van der Waals surface area contributed by atoms with Crippen LogP contribution >= 0.6 is 0 Å². The molecule has 0 bridgehead atoms. The van der Waals surface area contributed by atoms with Gasteiger partial charge in [-0.2, -0.15) is 0 Å². The molecule has 1 rings (SSSR count). The van der Waals surface area contributed by atoms with E-state index in [4.69, 9.17) is 9.47 Å². The topological polar surface area (TPSA) is 59.6 Å². The molecule has 1 atom stereocenters. The van der Waals surface area contributed by atoms with Crippen LogP contribution in [0.15, 0.2) is 0 Å². The van der Waals surface area contributed by atoms with Gasteiger partial charge in [-0.05, 0) is 13.8 Å². The average molecular weight is 216 g/mol. The molecule has 0 saturated carbocycles. The number of hydrogen-bond acceptors (Lipinski definition) is 3. The number of carbonyl (C=O) groups is 1. The summed E-state index contributed by atoms with van der Waals surface area (Å²) in [6.07, 6.45) is 0.825. The number of hydrogen-bond donors (Lipinski definition) is 2. The zero-order valence-electron chi connectivity index (χ0n) is 9.63. The van der Waals surface area contributed by atoms with E-state index in [0.717, 1.165) is 6.42 Å². The zero-order chi connectivity index (χ0) is 11.3. The van der Waals surface area contributed by atoms with Crippen molar-refractivity contribution in [3.05, 3.63) is 0 Å². The lowest BCUT2D eigenvalue weighted by molar-refractivity contribution is -0.0138. The molecule has 2 N–H and O–H groups in total. The van der Waals surface area contributed by atoms with E-state index in [2.05, 4.69) is 10.6 Å². The van der Waals surface area contributed by atoms with Crippen molar-refractivity contribution in [1.82, 2.24) is 10.6 Å². The Hall–Kier alpha value is -0.810. The SMILES string of the molecule is COC1(CNC(=O)NC(C)C)CCOC1. The molecule has 0 radical (unpaired) electrons. The van der Waals surface area contributed by atoms with Crippen LogP contribution in [0.5, 0.6) is 0 Å². The van der Waals surface area contributed by atoms with Crippen LogP contribution < -0.4 is 10.6 Å². The van der Waals surface area contributed by atoms with E-state index in [1.54, 1.807) is 7.11 Å². The maximum absolute atomic E-state index is 11.3. The molecule has 5 nitrogen and oxygen atoms in total. The first kappa shape index (κ1) is 12.3. The summed E-state index contributed by atoms with van der Waals surface area (Å²) in [7, 11) is 1.65. The second kappa shape index (κ2) is 5.32. The fourth-order valence-corrected chi connectivity index (χ4v) is 1.52. The Kier molecular flexibility index (Phi) is 4.35. The normalized spacial score (nSPS) is 25.6. The van der Waals surface area contributed by atoms with Crippen LogP contribution in [0, 0.1) is 0 Å². The number of carbonyl (C=O) groups excluding carboxylic acids is 1. The largest absolute Gasteiger partial charge is 0.378 e. The fourth-order valence-electron chi connectivity index (χ4n) is 1.52. The summed E-state index contributed by atoms with van der Waals surface area (Å²) in [6, 6.07) is -0.0170. The van der Waals surface area contributed by atoms with Gasteiger partial charge in [0, 0.05) is 26.2 Å². The third-order valence-electron chi connectivity index (χ3n) is 2.49. The summed E-state index contributed by atoms with van der Waals surface area (Å²) in [5.41, 5.74) is -0.339. The average Bonchev–Trinajstić information content (AvgIpc) is 2.63. The summed E-state index contributed by atoms with van der Waals surface area (Å²) in [5, 5.41) is 5.55. The predicted molar refractivity (Wildman–Crippen MR) is 56.8 cm³/mol. The van der Waals surface area contributed by atoms with Crippen LogP contribution in [0.4, 0.5) is 4.79 Å². The molecule has 5 heteroatoms. The smallest absolute Gasteiger partial charge is 0.315 e. The second-order valence-corrected chi connectivity index (χ2v) is 4.17. The van der Waals surface area contributed by atoms with Crippen molar-refractivity contribution < 1.29 is 14.3 Å². The van der Waals surface area contributed by atoms with Gasteiger partial charge in [-0.25, -0.2) is 4.79 Å². The zero-order valence-corrected chi connectivity index (χ0v) is 9.63. The Bertz CT molecular complexity index is 213. The summed E-state index contributed by atoms with van der Waals surface area (Å²) >= 11 is 0. The molecule has 0 aromatic carbocycles. The maximum Gasteiger partial charge on any atom is 0.315 e. The van der Waals surface area contributed by atoms with Gasteiger partial charge in [-0.15, -0.1) is 0 Å². The highest BCUT2D eigenvalue weighted by atomic mass is 16.5. The van der Waals surface area contributed by atoms with Crippen molar-refractivity contribution in [3.8, 4) is 0 Å². The number of ether oxygens (including phenoxy) is 2. The van der Waals surface area contributed by atoms with Crippen molar-refractivity contribution in [2.24, 2.45) is 0 Å². The van der Waals surface area contributed by atoms with Crippen LogP contribution in [0.3, 0.4) is 0 Å². The van der Waals surface area contributed by atoms with Crippen molar-refractivity contribution in [1.29, 1.82) is 0 Å². The number of nitrogens with one attached hydrogen (secondary N) is 2. The summed E-state index contributed by atoms with van der Waals surface area (Å²) in [6.45, 7) is 5.57. The monoisotopic (exact) mass is 216 g/mol. The van der Waals surface area contributed by atoms with Gasteiger partial charge < -0.3 is 20.1 Å². The van der Waals surface area contributed by atoms with E-state index in [1.165, 1.54) is 0 Å². The first-order valence-electron chi connectivity index (χ1n) is 5.25. The highest BCUT2D eigenvalue weighted by Gasteiger charge is 2.35. The van der Waals surface area contributed by atoms with Crippen molar-refractivity contribution in [2.75, 3.05) is 26.9 Å². The van der Waals surface area contributed by atoms with Gasteiger partial charge in [0.2, 0.25) is 0 Å². The Morgan fingerprint density at radius 1 is 1.60 bits per heavy atom. The Morgan fingerprint density at radius 3 is 2.80 bits per heavy atom. The van der Waals surface area contributed by atoms with E-state index in [0.29, 0.717) is 19.8 Å². The molecule has 1 aliphatic rings. The lowest BCUT2D eigenvalue weighted by atomic mass is 10.0. The second-order valence-electron chi connectivity index (χ2n) is 4.17. The molecule has 15 heavy (non-hydrogen) atoms. The Labute approximate surface area is 90.5 Å². The van der Waals surface area contributed by atoms with Gasteiger partial charge in [0.25, 0.3) is 0 Å². The molecule has 1 heterocycles. The number of urea groups is 1. The minimum atomic E-state index is -0.339. The molecule has 0 aromatic rings. The predicted octanol–water partition coefficient (Wildman–Crippen LogP) is 0.500. The summed E-state index contributed by atoms with van der Waals surface area (Å²) in [4.78, 5) is 11.3. The Balaban J connectivity index is 2.31. The van der Waals surface area contributed by atoms with E-state index in [9.17, 15) is 4.79 Å². The molecule has 1 unspecified atom stereocenters. The van der Waals surface area contributed by atoms with Gasteiger partial charge in [0.15, 0.2) is 0 Å². The molecule has 1 aliphatic heterocycles. The van der Waals surface area contributed by atoms with Crippen LogP contribution in [-0.2, 0) is 9.47 Å². The molecule has 0 spiro atoms. The summed E-state index contributed by atoms with van der Waals surface area (Å²) in [5.74, 6) is 0. The van der Waals surface area contributed by atoms with Crippen LogP contribution in [0.1, 0.15) is 20.3 Å². The molecule has 1 saturated heterocycles. The molecular formula is C10H20N2O3. The van der Waals surface area contributed by atoms with E-state index >= 15 is 0 Å². The van der Waals surface area contributed by atoms with Crippen LogP contribution in [0.25, 0.3) is 0 Å². The molecule has 0 aromatic heterocycles. The Morgan fingerprint density at radius 2 is 2.33 bits per heavy atom. The number of methoxy groups -OCH3 is 1. The molecule has 2 amide bonds. The van der Waals surface area contributed by atoms with E-state index < -0.39 is 0 Å². The maximum atomic E-state index is 11.3. The lowest BCUT2D eigenvalue weighted by Crippen LogP contribution is -2.49. The molecular weight excluding hydrogens is 196 g/mol. The lowest BCUT2D eigenvalue weighted by Gasteiger charge is -2.26. The van der Waals surface area contributed by atoms with E-state index in [1.807, 2.05) is 13.8 Å². The minimum absolute atomic E-state index is 0.142. The number of amides is 2. The van der Waals surface area contributed by atoms with Gasteiger partial charge in [0.1, 0.15) is 5.60 Å². The minimum Gasteiger partial charge on any atom is -0.378 e. The van der Waals surface area contributed by atoms with Gasteiger partial charge in [-0.1, -0.05) is 0 Å². The van der Waals surface area contributed by atoms with Crippen molar-refractivity contribution in [2.45, 2.75) is 31.9 Å². The highest BCUT2D eigenvalue weighted by molar-refractivity contribution is 5.74. The standard InChI is InChI=1S/C10H20N2O3/c1-8(2)12-9(13)11-6-10(14-3)4-5-15-7-10/h8H,4-7H2,1-3H3,(H2,11,12,13). The number of rotatable bonds is 4. The molecule has 1 fully saturated rings. The molecule has 88 valence electrons. The van der Waals surface area contributed by atoms with Gasteiger partial charge in [0.05, 0.1) is 13.2 Å².